The first-order chi connectivity index (χ1) is 9.60. The van der Waals surface area contributed by atoms with Gasteiger partial charge in [-0.2, -0.15) is 0 Å². The van der Waals surface area contributed by atoms with Gasteiger partial charge in [-0.25, -0.2) is 4.79 Å². The second-order valence-electron chi connectivity index (χ2n) is 5.61. The van der Waals surface area contributed by atoms with Crippen LogP contribution >= 0.6 is 0 Å². The Balaban J connectivity index is 1.98. The average Bonchev–Trinajstić information content (AvgIpc) is 2.47. The molecular weight excluding hydrogens is 252 g/mol. The highest BCUT2D eigenvalue weighted by atomic mass is 16.4. The zero-order valence-corrected chi connectivity index (χ0v) is 12.3. The fraction of sp³-hybridized carbons (Fsp3) is 0.562. The Labute approximate surface area is 120 Å². The van der Waals surface area contributed by atoms with Crippen molar-refractivity contribution in [1.82, 2.24) is 4.90 Å². The Morgan fingerprint density at radius 3 is 3.05 bits per heavy atom. The van der Waals surface area contributed by atoms with Crippen LogP contribution in [0.25, 0.3) is 0 Å². The Morgan fingerprint density at radius 1 is 1.55 bits per heavy atom. The lowest BCUT2D eigenvalue weighted by molar-refractivity contribution is 0.0697. The van der Waals surface area contributed by atoms with Crippen LogP contribution in [0.5, 0.6) is 0 Å². The van der Waals surface area contributed by atoms with Gasteiger partial charge < -0.3 is 15.3 Å². The third-order valence-corrected chi connectivity index (χ3v) is 4.20. The minimum Gasteiger partial charge on any atom is -0.478 e. The third kappa shape index (κ3) is 3.73. The minimum absolute atomic E-state index is 0.334. The number of carboxylic acids is 1. The molecule has 1 heterocycles. The first-order valence-corrected chi connectivity index (χ1v) is 7.42. The summed E-state index contributed by atoms with van der Waals surface area (Å²) in [5.41, 5.74) is 1.23. The van der Waals surface area contributed by atoms with Crippen LogP contribution in [0.2, 0.25) is 0 Å². The summed E-state index contributed by atoms with van der Waals surface area (Å²) in [6.07, 6.45) is 2.49. The SMILES string of the molecule is CCN1CCCC(C(C)Nc2cccc(C(=O)O)c2)C1. The van der Waals surface area contributed by atoms with Crippen molar-refractivity contribution >= 4 is 11.7 Å². The number of rotatable bonds is 5. The number of carbonyl (C=O) groups is 1. The number of hydrogen-bond donors (Lipinski definition) is 2. The van der Waals surface area contributed by atoms with Gasteiger partial charge in [-0.1, -0.05) is 13.0 Å². The molecule has 0 aromatic heterocycles. The average molecular weight is 276 g/mol. The Morgan fingerprint density at radius 2 is 2.35 bits per heavy atom. The van der Waals surface area contributed by atoms with E-state index in [-0.39, 0.29) is 0 Å². The maximum atomic E-state index is 11.0. The minimum atomic E-state index is -0.879. The summed E-state index contributed by atoms with van der Waals surface area (Å²) >= 11 is 0. The second kappa shape index (κ2) is 6.75. The van der Waals surface area contributed by atoms with E-state index >= 15 is 0 Å². The lowest BCUT2D eigenvalue weighted by atomic mass is 9.91. The first kappa shape index (κ1) is 14.9. The summed E-state index contributed by atoms with van der Waals surface area (Å²) in [6.45, 7) is 7.84. The fourth-order valence-electron chi connectivity index (χ4n) is 2.91. The van der Waals surface area contributed by atoms with E-state index in [9.17, 15) is 4.79 Å². The molecule has 4 nitrogen and oxygen atoms in total. The maximum absolute atomic E-state index is 11.0. The van der Waals surface area contributed by atoms with Crippen LogP contribution in [-0.4, -0.2) is 41.7 Å². The van der Waals surface area contributed by atoms with Crippen molar-refractivity contribution in [2.24, 2.45) is 5.92 Å². The van der Waals surface area contributed by atoms with Crippen molar-refractivity contribution in [3.63, 3.8) is 0 Å². The molecule has 2 N–H and O–H groups in total. The van der Waals surface area contributed by atoms with Gasteiger partial charge in [0.25, 0.3) is 0 Å². The highest BCUT2D eigenvalue weighted by Crippen LogP contribution is 2.22. The van der Waals surface area contributed by atoms with E-state index < -0.39 is 5.97 Å². The summed E-state index contributed by atoms with van der Waals surface area (Å²) in [5, 5.41) is 12.5. The molecule has 20 heavy (non-hydrogen) atoms. The molecule has 1 aromatic carbocycles. The molecule has 2 rings (SSSR count). The molecule has 2 unspecified atom stereocenters. The van der Waals surface area contributed by atoms with Crippen molar-refractivity contribution in [2.45, 2.75) is 32.7 Å². The predicted molar refractivity (Wildman–Crippen MR) is 81.3 cm³/mol. The third-order valence-electron chi connectivity index (χ3n) is 4.20. The smallest absolute Gasteiger partial charge is 0.335 e. The zero-order valence-electron chi connectivity index (χ0n) is 12.3. The molecule has 1 aromatic rings. The summed E-state index contributed by atoms with van der Waals surface area (Å²) in [4.78, 5) is 13.5. The second-order valence-corrected chi connectivity index (χ2v) is 5.61. The van der Waals surface area contributed by atoms with Gasteiger partial charge in [-0.05, 0) is 57.0 Å². The predicted octanol–water partition coefficient (Wildman–Crippen LogP) is 2.92. The largest absolute Gasteiger partial charge is 0.478 e. The van der Waals surface area contributed by atoms with Crippen LogP contribution in [0.4, 0.5) is 5.69 Å². The van der Waals surface area contributed by atoms with Gasteiger partial charge in [0.2, 0.25) is 0 Å². The zero-order chi connectivity index (χ0) is 14.5. The van der Waals surface area contributed by atoms with Crippen LogP contribution in [0.15, 0.2) is 24.3 Å². The number of benzene rings is 1. The molecule has 0 bridgehead atoms. The van der Waals surface area contributed by atoms with E-state index in [0.717, 1.165) is 18.8 Å². The molecule has 1 fully saturated rings. The van der Waals surface area contributed by atoms with Crippen LogP contribution in [0.3, 0.4) is 0 Å². The van der Waals surface area contributed by atoms with Crippen molar-refractivity contribution in [1.29, 1.82) is 0 Å². The van der Waals surface area contributed by atoms with Crippen LogP contribution < -0.4 is 5.32 Å². The van der Waals surface area contributed by atoms with Gasteiger partial charge in [-0.15, -0.1) is 0 Å². The summed E-state index contributed by atoms with van der Waals surface area (Å²) in [5.74, 6) is -0.256. The number of anilines is 1. The molecule has 0 radical (unpaired) electrons. The maximum Gasteiger partial charge on any atom is 0.335 e. The lowest BCUT2D eigenvalue weighted by Gasteiger charge is -2.35. The van der Waals surface area contributed by atoms with Gasteiger partial charge >= 0.3 is 5.97 Å². The molecular formula is C16H24N2O2. The monoisotopic (exact) mass is 276 g/mol. The number of nitrogens with zero attached hydrogens (tertiary/aromatic N) is 1. The van der Waals surface area contributed by atoms with Gasteiger partial charge in [0.05, 0.1) is 5.56 Å². The van der Waals surface area contributed by atoms with Gasteiger partial charge in [0.1, 0.15) is 0 Å². The van der Waals surface area contributed by atoms with Crippen LogP contribution in [0, 0.1) is 5.92 Å². The van der Waals surface area contributed by atoms with Gasteiger partial charge in [-0.3, -0.25) is 0 Å². The number of carboxylic acid groups (broad SMARTS) is 1. The molecule has 0 spiro atoms. The van der Waals surface area contributed by atoms with Gasteiger partial charge in [0, 0.05) is 18.3 Å². The van der Waals surface area contributed by atoms with Crippen LogP contribution in [-0.2, 0) is 0 Å². The van der Waals surface area contributed by atoms with E-state index in [1.807, 2.05) is 6.07 Å². The highest BCUT2D eigenvalue weighted by molar-refractivity contribution is 5.88. The van der Waals surface area contributed by atoms with Crippen molar-refractivity contribution in [3.05, 3.63) is 29.8 Å². The standard InChI is InChI=1S/C16H24N2O2/c1-3-18-9-5-7-14(11-18)12(2)17-15-8-4-6-13(10-15)16(19)20/h4,6,8,10,12,14,17H,3,5,7,9,11H2,1-2H3,(H,19,20). The molecule has 0 amide bonds. The molecule has 4 heteroatoms. The van der Waals surface area contributed by atoms with Crippen molar-refractivity contribution in [3.8, 4) is 0 Å². The first-order valence-electron chi connectivity index (χ1n) is 7.42. The van der Waals surface area contributed by atoms with E-state index in [1.165, 1.54) is 19.4 Å². The van der Waals surface area contributed by atoms with Crippen molar-refractivity contribution in [2.75, 3.05) is 25.0 Å². The number of nitrogens with one attached hydrogen (secondary N) is 1. The van der Waals surface area contributed by atoms with Gasteiger partial charge in [0.15, 0.2) is 0 Å². The molecule has 1 saturated heterocycles. The number of piperidine rings is 1. The van der Waals surface area contributed by atoms with Crippen molar-refractivity contribution < 1.29 is 9.90 Å². The van der Waals surface area contributed by atoms with E-state index in [1.54, 1.807) is 18.2 Å². The topological polar surface area (TPSA) is 52.6 Å². The molecule has 110 valence electrons. The van der Waals surface area contributed by atoms with Crippen LogP contribution in [0.1, 0.15) is 37.0 Å². The number of likely N-dealkylation sites (tertiary alicyclic amines) is 1. The molecule has 2 atom stereocenters. The number of hydrogen-bond acceptors (Lipinski definition) is 3. The molecule has 1 aliphatic rings. The quantitative estimate of drug-likeness (QED) is 0.868. The van der Waals surface area contributed by atoms with E-state index in [2.05, 4.69) is 24.1 Å². The molecule has 1 aliphatic heterocycles. The summed E-state index contributed by atoms with van der Waals surface area (Å²) < 4.78 is 0. The Kier molecular flexibility index (Phi) is 5.01. The number of aromatic carboxylic acids is 1. The molecule has 0 saturated carbocycles. The normalized spacial score (nSPS) is 21.4. The highest BCUT2D eigenvalue weighted by Gasteiger charge is 2.23. The Bertz CT molecular complexity index is 462. The summed E-state index contributed by atoms with van der Waals surface area (Å²) in [7, 11) is 0. The van der Waals surface area contributed by atoms with E-state index in [0.29, 0.717) is 17.5 Å². The summed E-state index contributed by atoms with van der Waals surface area (Å²) in [6, 6.07) is 7.41. The van der Waals surface area contributed by atoms with E-state index in [4.69, 9.17) is 5.11 Å². The molecule has 0 aliphatic carbocycles. The lowest BCUT2D eigenvalue weighted by Crippen LogP contribution is -2.41. The fourth-order valence-corrected chi connectivity index (χ4v) is 2.91. The Hall–Kier alpha value is -1.55.